The van der Waals surface area contributed by atoms with E-state index in [-0.39, 0.29) is 17.2 Å². The predicted molar refractivity (Wildman–Crippen MR) is 93.3 cm³/mol. The summed E-state index contributed by atoms with van der Waals surface area (Å²) in [6.07, 6.45) is 5.73. The molecule has 0 aromatic heterocycles. The molecule has 0 bridgehead atoms. The van der Waals surface area contributed by atoms with Crippen LogP contribution in [0.15, 0.2) is 24.3 Å². The Bertz CT molecular complexity index is 560. The molecule has 1 amide bonds. The molecule has 2 fully saturated rings. The predicted octanol–water partition coefficient (Wildman–Crippen LogP) is 2.50. The summed E-state index contributed by atoms with van der Waals surface area (Å²) in [5, 5.41) is 9.39. The average molecular weight is 332 g/mol. The molecule has 5 nitrogen and oxygen atoms in total. The molecule has 2 heterocycles. The zero-order chi connectivity index (χ0) is 17.0. The summed E-state index contributed by atoms with van der Waals surface area (Å²) in [5.41, 5.74) is 0.911. The Morgan fingerprint density at radius 2 is 1.83 bits per heavy atom. The Morgan fingerprint density at radius 3 is 2.54 bits per heavy atom. The highest BCUT2D eigenvalue weighted by molar-refractivity contribution is 5.94. The van der Waals surface area contributed by atoms with Crippen LogP contribution >= 0.6 is 0 Å². The summed E-state index contributed by atoms with van der Waals surface area (Å²) in [5.74, 6) is 0.273. The van der Waals surface area contributed by atoms with E-state index < -0.39 is 0 Å². The van der Waals surface area contributed by atoms with Crippen LogP contribution in [0.5, 0.6) is 5.75 Å². The van der Waals surface area contributed by atoms with Gasteiger partial charge >= 0.3 is 0 Å². The van der Waals surface area contributed by atoms with Crippen LogP contribution < -0.4 is 0 Å². The van der Waals surface area contributed by atoms with Gasteiger partial charge in [0.1, 0.15) is 5.75 Å². The average Bonchev–Trinajstić information content (AvgIpc) is 2.85. The smallest absolute Gasteiger partial charge is 0.253 e. The monoisotopic (exact) mass is 332 g/mol. The fourth-order valence-electron chi connectivity index (χ4n) is 4.28. The Hall–Kier alpha value is -1.59. The third kappa shape index (κ3) is 3.57. The molecule has 2 saturated heterocycles. The highest BCUT2D eigenvalue weighted by Gasteiger charge is 2.41. The van der Waals surface area contributed by atoms with Gasteiger partial charge in [0.05, 0.1) is 6.61 Å². The third-order valence-corrected chi connectivity index (χ3v) is 5.63. The van der Waals surface area contributed by atoms with E-state index in [2.05, 4.69) is 4.90 Å². The maximum atomic E-state index is 12.7. The molecule has 1 unspecified atom stereocenters. The number of methoxy groups -OCH3 is 1. The lowest BCUT2D eigenvalue weighted by atomic mass is 9.88. The number of hydrogen-bond acceptors (Lipinski definition) is 4. The largest absolute Gasteiger partial charge is 0.508 e. The van der Waals surface area contributed by atoms with Crippen LogP contribution in [0, 0.1) is 0 Å². The van der Waals surface area contributed by atoms with Gasteiger partial charge in [-0.1, -0.05) is 0 Å². The SMILES string of the molecule is COCCN1CCCC12CCCN(C(=O)c1ccc(O)cc1)CC2. The number of hydrogen-bond donors (Lipinski definition) is 1. The lowest BCUT2D eigenvalue weighted by Crippen LogP contribution is -2.46. The van der Waals surface area contributed by atoms with Crippen molar-refractivity contribution in [1.29, 1.82) is 0 Å². The molecule has 3 rings (SSSR count). The number of nitrogens with zero attached hydrogens (tertiary/aromatic N) is 2. The van der Waals surface area contributed by atoms with Gasteiger partial charge in [-0.05, 0) is 62.9 Å². The first-order chi connectivity index (χ1) is 11.6. The highest BCUT2D eigenvalue weighted by Crippen LogP contribution is 2.38. The molecular formula is C19H28N2O3. The molecule has 132 valence electrons. The minimum Gasteiger partial charge on any atom is -0.508 e. The molecule has 0 saturated carbocycles. The number of amides is 1. The van der Waals surface area contributed by atoms with Gasteiger partial charge in [-0.2, -0.15) is 0 Å². The van der Waals surface area contributed by atoms with E-state index in [1.165, 1.54) is 12.8 Å². The van der Waals surface area contributed by atoms with Crippen molar-refractivity contribution >= 4 is 5.91 Å². The maximum Gasteiger partial charge on any atom is 0.253 e. The Kier molecular flexibility index (Phi) is 5.41. The van der Waals surface area contributed by atoms with Crippen molar-refractivity contribution in [2.75, 3.05) is 39.9 Å². The van der Waals surface area contributed by atoms with Gasteiger partial charge in [0.25, 0.3) is 5.91 Å². The van der Waals surface area contributed by atoms with Crippen LogP contribution in [-0.2, 0) is 4.74 Å². The fourth-order valence-corrected chi connectivity index (χ4v) is 4.28. The summed E-state index contributed by atoms with van der Waals surface area (Å²) < 4.78 is 5.27. The first kappa shape index (κ1) is 17.2. The van der Waals surface area contributed by atoms with Gasteiger partial charge in [0.2, 0.25) is 0 Å². The van der Waals surface area contributed by atoms with Crippen molar-refractivity contribution in [1.82, 2.24) is 9.80 Å². The van der Waals surface area contributed by atoms with Gasteiger partial charge in [0.15, 0.2) is 0 Å². The van der Waals surface area contributed by atoms with Crippen molar-refractivity contribution in [2.24, 2.45) is 0 Å². The summed E-state index contributed by atoms with van der Waals surface area (Å²) in [6.45, 7) is 4.54. The quantitative estimate of drug-likeness (QED) is 0.920. The van der Waals surface area contributed by atoms with Crippen molar-refractivity contribution in [2.45, 2.75) is 37.6 Å². The number of likely N-dealkylation sites (tertiary alicyclic amines) is 2. The van der Waals surface area contributed by atoms with E-state index in [4.69, 9.17) is 4.74 Å². The fraction of sp³-hybridized carbons (Fsp3) is 0.632. The number of carbonyl (C=O) groups is 1. The molecule has 0 radical (unpaired) electrons. The minimum absolute atomic E-state index is 0.0773. The molecule has 1 N–H and O–H groups in total. The van der Waals surface area contributed by atoms with Gasteiger partial charge in [-0.3, -0.25) is 9.69 Å². The number of ether oxygens (including phenoxy) is 1. The van der Waals surface area contributed by atoms with Crippen molar-refractivity contribution < 1.29 is 14.6 Å². The molecule has 1 spiro atoms. The second-order valence-corrected chi connectivity index (χ2v) is 7.00. The van der Waals surface area contributed by atoms with Crippen LogP contribution in [0.1, 0.15) is 42.5 Å². The molecule has 5 heteroatoms. The standard InChI is InChI=1S/C19H28N2O3/c1-24-15-14-21-12-3-9-19(21)8-2-11-20(13-10-19)18(23)16-4-6-17(22)7-5-16/h4-7,22H,2-3,8-15H2,1H3. The van der Waals surface area contributed by atoms with Gasteiger partial charge in [0, 0.05) is 37.8 Å². The lowest BCUT2D eigenvalue weighted by Gasteiger charge is -2.38. The molecule has 2 aliphatic rings. The van der Waals surface area contributed by atoms with E-state index in [0.717, 1.165) is 52.0 Å². The lowest BCUT2D eigenvalue weighted by molar-refractivity contribution is 0.0697. The highest BCUT2D eigenvalue weighted by atomic mass is 16.5. The van der Waals surface area contributed by atoms with E-state index >= 15 is 0 Å². The number of phenols is 1. The van der Waals surface area contributed by atoms with Crippen molar-refractivity contribution in [3.05, 3.63) is 29.8 Å². The second-order valence-electron chi connectivity index (χ2n) is 7.00. The Morgan fingerprint density at radius 1 is 1.12 bits per heavy atom. The number of aromatic hydroxyl groups is 1. The maximum absolute atomic E-state index is 12.7. The topological polar surface area (TPSA) is 53.0 Å². The van der Waals surface area contributed by atoms with E-state index in [9.17, 15) is 9.90 Å². The first-order valence-corrected chi connectivity index (χ1v) is 8.97. The molecule has 1 atom stereocenters. The molecule has 2 aliphatic heterocycles. The van der Waals surface area contributed by atoms with Crippen LogP contribution in [0.25, 0.3) is 0 Å². The Labute approximate surface area is 144 Å². The van der Waals surface area contributed by atoms with E-state index in [1.54, 1.807) is 31.4 Å². The first-order valence-electron chi connectivity index (χ1n) is 8.97. The van der Waals surface area contributed by atoms with Gasteiger partial charge in [-0.15, -0.1) is 0 Å². The number of benzene rings is 1. The number of phenolic OH excluding ortho intramolecular Hbond substituents is 1. The summed E-state index contributed by atoms with van der Waals surface area (Å²) >= 11 is 0. The van der Waals surface area contributed by atoms with Crippen LogP contribution in [0.3, 0.4) is 0 Å². The van der Waals surface area contributed by atoms with Gasteiger partial charge < -0.3 is 14.7 Å². The van der Waals surface area contributed by atoms with Gasteiger partial charge in [-0.25, -0.2) is 0 Å². The summed E-state index contributed by atoms with van der Waals surface area (Å²) in [6, 6.07) is 6.57. The third-order valence-electron chi connectivity index (χ3n) is 5.63. The molecule has 1 aromatic carbocycles. The van der Waals surface area contributed by atoms with Crippen LogP contribution in [0.4, 0.5) is 0 Å². The van der Waals surface area contributed by atoms with Crippen molar-refractivity contribution in [3.63, 3.8) is 0 Å². The number of carbonyl (C=O) groups excluding carboxylic acids is 1. The van der Waals surface area contributed by atoms with Crippen LogP contribution in [0.2, 0.25) is 0 Å². The molecule has 1 aromatic rings. The summed E-state index contributed by atoms with van der Waals surface area (Å²) in [4.78, 5) is 17.3. The Balaban J connectivity index is 1.66. The van der Waals surface area contributed by atoms with E-state index in [0.29, 0.717) is 5.56 Å². The number of rotatable bonds is 4. The normalized spacial score (nSPS) is 25.1. The minimum atomic E-state index is 0.0773. The van der Waals surface area contributed by atoms with E-state index in [1.807, 2.05) is 4.90 Å². The zero-order valence-electron chi connectivity index (χ0n) is 14.5. The molecule has 24 heavy (non-hydrogen) atoms. The summed E-state index contributed by atoms with van der Waals surface area (Å²) in [7, 11) is 1.76. The zero-order valence-corrected chi connectivity index (χ0v) is 14.5. The van der Waals surface area contributed by atoms with Crippen LogP contribution in [-0.4, -0.2) is 66.2 Å². The second kappa shape index (κ2) is 7.53. The molecule has 0 aliphatic carbocycles. The molecular weight excluding hydrogens is 304 g/mol. The van der Waals surface area contributed by atoms with Crippen molar-refractivity contribution in [3.8, 4) is 5.75 Å².